The number of halogens is 3. The lowest BCUT2D eigenvalue weighted by molar-refractivity contribution is 0.0945. The van der Waals surface area contributed by atoms with Gasteiger partial charge in [-0.3, -0.25) is 9.78 Å². The number of carbonyl (C=O) groups excluding carboxylic acids is 1. The number of nitrogens with one attached hydrogen (secondary N) is 2. The van der Waals surface area contributed by atoms with Crippen molar-refractivity contribution in [2.24, 2.45) is 0 Å². The molecule has 0 aliphatic carbocycles. The van der Waals surface area contributed by atoms with E-state index in [1.54, 1.807) is 18.2 Å². The first-order chi connectivity index (χ1) is 12.5. The smallest absolute Gasteiger partial charge is 0.270 e. The third-order valence-electron chi connectivity index (χ3n) is 3.60. The van der Waals surface area contributed by atoms with Gasteiger partial charge in [-0.25, -0.2) is 13.2 Å². The van der Waals surface area contributed by atoms with E-state index in [0.29, 0.717) is 11.3 Å². The number of anilines is 2. The normalized spacial score (nSPS) is 10.4. The van der Waals surface area contributed by atoms with Gasteiger partial charge in [-0.15, -0.1) is 0 Å². The molecule has 0 aliphatic heterocycles. The number of pyridine rings is 1. The summed E-state index contributed by atoms with van der Waals surface area (Å²) in [7, 11) is 0. The molecule has 1 aromatic heterocycles. The molecule has 0 fully saturated rings. The molecular formula is C19H14F3N3O. The summed E-state index contributed by atoms with van der Waals surface area (Å²) in [6, 6.07) is 12.2. The summed E-state index contributed by atoms with van der Waals surface area (Å²) >= 11 is 0. The van der Waals surface area contributed by atoms with Crippen LogP contribution in [0.4, 0.5) is 24.5 Å². The third kappa shape index (κ3) is 4.18. The Balaban J connectivity index is 1.70. The number of nitrogens with zero attached hydrogens (tertiary/aromatic N) is 1. The first kappa shape index (κ1) is 17.5. The van der Waals surface area contributed by atoms with Crippen molar-refractivity contribution in [3.05, 3.63) is 89.5 Å². The molecule has 0 saturated heterocycles. The molecule has 3 aromatic rings. The maximum atomic E-state index is 13.7. The lowest BCUT2D eigenvalue weighted by Crippen LogP contribution is -2.24. The van der Waals surface area contributed by atoms with E-state index in [1.807, 2.05) is 0 Å². The highest BCUT2D eigenvalue weighted by molar-refractivity contribution is 5.93. The van der Waals surface area contributed by atoms with Crippen molar-refractivity contribution in [2.45, 2.75) is 6.54 Å². The molecule has 1 heterocycles. The van der Waals surface area contributed by atoms with E-state index in [2.05, 4.69) is 15.6 Å². The minimum Gasteiger partial charge on any atom is -0.353 e. The number of hydrogen-bond donors (Lipinski definition) is 2. The highest BCUT2D eigenvalue weighted by Crippen LogP contribution is 2.20. The Bertz CT molecular complexity index is 947. The molecule has 0 saturated carbocycles. The summed E-state index contributed by atoms with van der Waals surface area (Å²) in [5, 5.41) is 5.33. The van der Waals surface area contributed by atoms with E-state index >= 15 is 0 Å². The van der Waals surface area contributed by atoms with Gasteiger partial charge in [0.1, 0.15) is 23.1 Å². The highest BCUT2D eigenvalue weighted by Gasteiger charge is 2.10. The quantitative estimate of drug-likeness (QED) is 0.721. The van der Waals surface area contributed by atoms with Crippen LogP contribution >= 0.6 is 0 Å². The van der Waals surface area contributed by atoms with Gasteiger partial charge in [-0.1, -0.05) is 18.2 Å². The van der Waals surface area contributed by atoms with Crippen molar-refractivity contribution in [1.29, 1.82) is 0 Å². The fraction of sp³-hybridized carbons (Fsp3) is 0.0526. The topological polar surface area (TPSA) is 54.0 Å². The Labute approximate surface area is 147 Å². The van der Waals surface area contributed by atoms with Crippen LogP contribution in [-0.4, -0.2) is 10.9 Å². The maximum absolute atomic E-state index is 13.7. The summed E-state index contributed by atoms with van der Waals surface area (Å²) in [4.78, 5) is 16.2. The summed E-state index contributed by atoms with van der Waals surface area (Å²) in [5.41, 5.74) is 0.897. The van der Waals surface area contributed by atoms with Crippen LogP contribution in [0.2, 0.25) is 0 Å². The van der Waals surface area contributed by atoms with Gasteiger partial charge >= 0.3 is 0 Å². The third-order valence-corrected chi connectivity index (χ3v) is 3.60. The second-order valence-corrected chi connectivity index (χ2v) is 5.45. The van der Waals surface area contributed by atoms with Crippen LogP contribution in [0.5, 0.6) is 0 Å². The molecule has 2 aromatic carbocycles. The molecule has 4 nitrogen and oxygen atoms in total. The molecule has 3 rings (SSSR count). The van der Waals surface area contributed by atoms with E-state index in [4.69, 9.17) is 0 Å². The lowest BCUT2D eigenvalue weighted by atomic mass is 10.2. The van der Waals surface area contributed by atoms with E-state index in [0.717, 1.165) is 12.1 Å². The Hall–Kier alpha value is -3.35. The van der Waals surface area contributed by atoms with Crippen LogP contribution < -0.4 is 10.6 Å². The average molecular weight is 357 g/mol. The molecule has 0 spiro atoms. The van der Waals surface area contributed by atoms with Gasteiger partial charge in [-0.2, -0.15) is 0 Å². The lowest BCUT2D eigenvalue weighted by Gasteiger charge is -2.09. The number of carbonyl (C=O) groups is 1. The van der Waals surface area contributed by atoms with Gasteiger partial charge < -0.3 is 10.6 Å². The molecule has 26 heavy (non-hydrogen) atoms. The molecule has 0 aliphatic rings. The zero-order chi connectivity index (χ0) is 18.5. The van der Waals surface area contributed by atoms with Gasteiger partial charge in [0.25, 0.3) is 5.91 Å². The average Bonchev–Trinajstić information content (AvgIpc) is 2.63. The number of amides is 1. The molecule has 7 heteroatoms. The molecule has 0 radical (unpaired) electrons. The largest absolute Gasteiger partial charge is 0.353 e. The summed E-state index contributed by atoms with van der Waals surface area (Å²) in [5.74, 6) is -2.36. The monoisotopic (exact) mass is 357 g/mol. The molecule has 1 amide bonds. The zero-order valence-corrected chi connectivity index (χ0v) is 13.5. The number of rotatable bonds is 5. The molecule has 0 unspecified atom stereocenters. The Morgan fingerprint density at radius 1 is 0.962 bits per heavy atom. The number of benzene rings is 2. The van der Waals surface area contributed by atoms with Gasteiger partial charge in [0.05, 0.1) is 5.69 Å². The predicted molar refractivity (Wildman–Crippen MR) is 91.4 cm³/mol. The predicted octanol–water partition coefficient (Wildman–Crippen LogP) is 4.17. The van der Waals surface area contributed by atoms with Crippen molar-refractivity contribution in [3.63, 3.8) is 0 Å². The summed E-state index contributed by atoms with van der Waals surface area (Å²) in [6.07, 6.45) is 1.38. The first-order valence-electron chi connectivity index (χ1n) is 7.72. The van der Waals surface area contributed by atoms with E-state index in [1.165, 1.54) is 30.5 Å². The van der Waals surface area contributed by atoms with Crippen molar-refractivity contribution < 1.29 is 18.0 Å². The van der Waals surface area contributed by atoms with Crippen molar-refractivity contribution in [1.82, 2.24) is 10.3 Å². The van der Waals surface area contributed by atoms with Crippen LogP contribution in [0.25, 0.3) is 0 Å². The highest BCUT2D eigenvalue weighted by atomic mass is 19.1. The van der Waals surface area contributed by atoms with Gasteiger partial charge in [0, 0.05) is 30.1 Å². The van der Waals surface area contributed by atoms with E-state index < -0.39 is 23.4 Å². The summed E-state index contributed by atoms with van der Waals surface area (Å²) in [6.45, 7) is 0.0113. The van der Waals surface area contributed by atoms with Gasteiger partial charge in [-0.05, 0) is 30.3 Å². The first-order valence-corrected chi connectivity index (χ1v) is 7.72. The second-order valence-electron chi connectivity index (χ2n) is 5.45. The van der Waals surface area contributed by atoms with Crippen molar-refractivity contribution in [2.75, 3.05) is 5.32 Å². The maximum Gasteiger partial charge on any atom is 0.270 e. The van der Waals surface area contributed by atoms with Crippen molar-refractivity contribution >= 4 is 17.3 Å². The molecular weight excluding hydrogens is 343 g/mol. The van der Waals surface area contributed by atoms with E-state index in [-0.39, 0.29) is 17.9 Å². The fourth-order valence-corrected chi connectivity index (χ4v) is 2.29. The molecule has 0 bridgehead atoms. The second kappa shape index (κ2) is 7.69. The fourth-order valence-electron chi connectivity index (χ4n) is 2.29. The minimum atomic E-state index is -0.757. The van der Waals surface area contributed by atoms with Crippen LogP contribution in [-0.2, 0) is 6.54 Å². The van der Waals surface area contributed by atoms with Crippen LogP contribution in [0, 0.1) is 17.5 Å². The van der Waals surface area contributed by atoms with Crippen LogP contribution in [0.3, 0.4) is 0 Å². The number of hydrogen-bond acceptors (Lipinski definition) is 3. The Morgan fingerprint density at radius 2 is 1.77 bits per heavy atom. The Morgan fingerprint density at radius 3 is 2.54 bits per heavy atom. The Kier molecular flexibility index (Phi) is 5.17. The van der Waals surface area contributed by atoms with Gasteiger partial charge in [0.2, 0.25) is 0 Å². The summed E-state index contributed by atoms with van der Waals surface area (Å²) < 4.78 is 40.2. The molecule has 0 atom stereocenters. The standard InChI is InChI=1S/C19H14F3N3O/c20-13-5-6-17(16(22)9-13)25-14-7-8-23-18(10-14)19(26)24-11-12-3-1-2-4-15(12)21/h1-10H,11H2,(H,23,25)(H,24,26). The van der Waals surface area contributed by atoms with Gasteiger partial charge in [0.15, 0.2) is 0 Å². The van der Waals surface area contributed by atoms with E-state index in [9.17, 15) is 18.0 Å². The molecule has 132 valence electrons. The van der Waals surface area contributed by atoms with Crippen molar-refractivity contribution in [3.8, 4) is 0 Å². The number of aromatic nitrogens is 1. The zero-order valence-electron chi connectivity index (χ0n) is 13.5. The van der Waals surface area contributed by atoms with Crippen LogP contribution in [0.1, 0.15) is 16.1 Å². The van der Waals surface area contributed by atoms with Crippen LogP contribution in [0.15, 0.2) is 60.8 Å². The minimum absolute atomic E-state index is 0.0113. The molecule has 2 N–H and O–H groups in total. The SMILES string of the molecule is O=C(NCc1ccccc1F)c1cc(Nc2ccc(F)cc2F)ccn1.